The van der Waals surface area contributed by atoms with Gasteiger partial charge in [0.15, 0.2) is 0 Å². The van der Waals surface area contributed by atoms with Crippen molar-refractivity contribution in [1.82, 2.24) is 14.5 Å². The minimum absolute atomic E-state index is 0.0478. The second-order valence-electron chi connectivity index (χ2n) is 9.55. The molecule has 0 saturated heterocycles. The summed E-state index contributed by atoms with van der Waals surface area (Å²) in [5.41, 5.74) is 2.03. The molecule has 0 spiro atoms. The first-order valence-electron chi connectivity index (χ1n) is 11.8. The summed E-state index contributed by atoms with van der Waals surface area (Å²) in [5, 5.41) is 3.51. The van der Waals surface area contributed by atoms with Crippen molar-refractivity contribution in [1.29, 1.82) is 0 Å². The lowest BCUT2D eigenvalue weighted by molar-refractivity contribution is 0.204. The number of nitrogens with one attached hydrogen (secondary N) is 1. The highest BCUT2D eigenvalue weighted by molar-refractivity contribution is 7.90. The van der Waals surface area contributed by atoms with Crippen molar-refractivity contribution in [2.24, 2.45) is 11.8 Å². The van der Waals surface area contributed by atoms with Crippen molar-refractivity contribution in [2.45, 2.75) is 50.7 Å². The molecule has 1 saturated carbocycles. The van der Waals surface area contributed by atoms with Gasteiger partial charge in [-0.2, -0.15) is 0 Å². The molecule has 1 aromatic heterocycles. The van der Waals surface area contributed by atoms with Gasteiger partial charge in [0.1, 0.15) is 0 Å². The van der Waals surface area contributed by atoms with Crippen molar-refractivity contribution in [3.63, 3.8) is 0 Å². The number of anilines is 1. The molecule has 1 fully saturated rings. The Kier molecular flexibility index (Phi) is 7.82. The molecule has 1 aliphatic carbocycles. The third-order valence-corrected chi connectivity index (χ3v) is 7.65. The number of sulfone groups is 1. The highest BCUT2D eigenvalue weighted by Crippen LogP contribution is 2.31. The van der Waals surface area contributed by atoms with E-state index in [2.05, 4.69) is 10.3 Å². The quantitative estimate of drug-likeness (QED) is 0.381. The lowest BCUT2D eigenvalue weighted by Gasteiger charge is -2.24. The average Bonchev–Trinajstić information content (AvgIpc) is 3.52. The van der Waals surface area contributed by atoms with Gasteiger partial charge >= 0.3 is 6.03 Å². The summed E-state index contributed by atoms with van der Waals surface area (Å²) in [6.07, 6.45) is 3.76. The van der Waals surface area contributed by atoms with Gasteiger partial charge in [-0.3, -0.25) is 0 Å². The lowest BCUT2D eigenvalue weighted by Crippen LogP contribution is -2.37. The molecule has 186 valence electrons. The number of hydrogen-bond donors (Lipinski definition) is 1. The summed E-state index contributed by atoms with van der Waals surface area (Å²) in [6.45, 7) is 5.43. The fourth-order valence-corrected chi connectivity index (χ4v) is 5.67. The van der Waals surface area contributed by atoms with Gasteiger partial charge in [-0.25, -0.2) is 18.2 Å². The van der Waals surface area contributed by atoms with Crippen molar-refractivity contribution in [3.8, 4) is 0 Å². The van der Waals surface area contributed by atoms with Gasteiger partial charge in [0.05, 0.1) is 24.2 Å². The van der Waals surface area contributed by atoms with Crippen LogP contribution in [0.1, 0.15) is 37.9 Å². The zero-order valence-electron chi connectivity index (χ0n) is 20.0. The molecule has 0 bridgehead atoms. The molecule has 2 aromatic carbocycles. The number of amides is 2. The Morgan fingerprint density at radius 2 is 1.91 bits per heavy atom. The largest absolute Gasteiger partial charge is 0.322 e. The van der Waals surface area contributed by atoms with Crippen LogP contribution in [0.2, 0.25) is 5.02 Å². The van der Waals surface area contributed by atoms with E-state index >= 15 is 0 Å². The van der Waals surface area contributed by atoms with Gasteiger partial charge in [-0.05, 0) is 48.4 Å². The Balaban J connectivity index is 1.60. The summed E-state index contributed by atoms with van der Waals surface area (Å²) in [4.78, 5) is 19.3. The van der Waals surface area contributed by atoms with Crippen LogP contribution < -0.4 is 5.32 Å². The predicted molar refractivity (Wildman–Crippen MR) is 138 cm³/mol. The molecule has 7 nitrogen and oxygen atoms in total. The predicted octanol–water partition coefficient (Wildman–Crippen LogP) is 5.61. The monoisotopic (exact) mass is 514 g/mol. The molecule has 35 heavy (non-hydrogen) atoms. The summed E-state index contributed by atoms with van der Waals surface area (Å²) in [7, 11) is -3.67. The second-order valence-corrected chi connectivity index (χ2v) is 11.9. The summed E-state index contributed by atoms with van der Waals surface area (Å²) in [5.74, 6) is 0.539. The molecular formula is C26H31ClN4O3S. The van der Waals surface area contributed by atoms with Crippen LogP contribution in [0.25, 0.3) is 0 Å². The first-order chi connectivity index (χ1) is 16.7. The number of halogens is 1. The lowest BCUT2D eigenvalue weighted by atomic mass is 10.2. The molecule has 1 N–H and O–H groups in total. The van der Waals surface area contributed by atoms with E-state index < -0.39 is 9.84 Å². The smallest absolute Gasteiger partial charge is 0.318 e. The number of urea groups is 1. The van der Waals surface area contributed by atoms with Gasteiger partial charge in [0.2, 0.25) is 15.0 Å². The zero-order valence-corrected chi connectivity index (χ0v) is 21.6. The van der Waals surface area contributed by atoms with Crippen LogP contribution in [-0.4, -0.2) is 35.4 Å². The molecule has 1 aliphatic rings. The average molecular weight is 515 g/mol. The fraction of sp³-hybridized carbons (Fsp3) is 0.385. The summed E-state index contributed by atoms with van der Waals surface area (Å²) >= 11 is 6.07. The number of rotatable bonds is 10. The van der Waals surface area contributed by atoms with E-state index in [1.54, 1.807) is 52.1 Å². The number of benzene rings is 2. The van der Waals surface area contributed by atoms with E-state index in [9.17, 15) is 13.2 Å². The van der Waals surface area contributed by atoms with E-state index in [0.29, 0.717) is 41.0 Å². The van der Waals surface area contributed by atoms with E-state index in [4.69, 9.17) is 11.6 Å². The number of carbonyl (C=O) groups is 1. The van der Waals surface area contributed by atoms with Crippen LogP contribution in [-0.2, 0) is 28.7 Å². The van der Waals surface area contributed by atoms with Crippen LogP contribution in [0.5, 0.6) is 0 Å². The van der Waals surface area contributed by atoms with Gasteiger partial charge in [0, 0.05) is 23.8 Å². The van der Waals surface area contributed by atoms with Gasteiger partial charge in [0.25, 0.3) is 0 Å². The maximum Gasteiger partial charge on any atom is 0.322 e. The van der Waals surface area contributed by atoms with Crippen molar-refractivity contribution in [3.05, 3.63) is 77.1 Å². The highest BCUT2D eigenvalue weighted by Gasteiger charge is 2.30. The second kappa shape index (κ2) is 10.8. The van der Waals surface area contributed by atoms with Gasteiger partial charge in [-0.1, -0.05) is 61.8 Å². The van der Waals surface area contributed by atoms with E-state index in [1.807, 2.05) is 32.0 Å². The Hall–Kier alpha value is -2.84. The Labute approximate surface area is 212 Å². The zero-order chi connectivity index (χ0) is 25.0. The normalized spacial score (nSPS) is 13.7. The molecule has 2 amide bonds. The molecule has 9 heteroatoms. The third-order valence-electron chi connectivity index (χ3n) is 5.82. The van der Waals surface area contributed by atoms with Crippen molar-refractivity contribution in [2.75, 3.05) is 11.9 Å². The Bertz CT molecular complexity index is 1270. The molecule has 3 aromatic rings. The SMILES string of the molecule is CC(C)Cn1c(CN(CC2CC2)C(=O)Nc2cccc(Cl)c2)cnc1S(=O)(=O)Cc1ccccc1. The maximum absolute atomic E-state index is 13.3. The van der Waals surface area contributed by atoms with Crippen LogP contribution in [0.4, 0.5) is 10.5 Å². The Morgan fingerprint density at radius 3 is 2.57 bits per heavy atom. The number of nitrogens with zero attached hydrogens (tertiary/aromatic N) is 3. The first kappa shape index (κ1) is 25.3. The molecule has 0 aliphatic heterocycles. The van der Waals surface area contributed by atoms with Gasteiger partial charge < -0.3 is 14.8 Å². The molecule has 0 unspecified atom stereocenters. The Morgan fingerprint density at radius 1 is 1.17 bits per heavy atom. The summed E-state index contributed by atoms with van der Waals surface area (Å²) < 4.78 is 28.4. The number of hydrogen-bond acceptors (Lipinski definition) is 4. The van der Waals surface area contributed by atoms with Crippen LogP contribution in [0.3, 0.4) is 0 Å². The van der Waals surface area contributed by atoms with E-state index in [1.165, 1.54) is 0 Å². The maximum atomic E-state index is 13.3. The van der Waals surface area contributed by atoms with Crippen LogP contribution in [0, 0.1) is 11.8 Å². The van der Waals surface area contributed by atoms with Crippen LogP contribution >= 0.6 is 11.6 Å². The van der Waals surface area contributed by atoms with Crippen molar-refractivity contribution < 1.29 is 13.2 Å². The summed E-state index contributed by atoms with van der Waals surface area (Å²) in [6, 6.07) is 15.9. The first-order valence-corrected chi connectivity index (χ1v) is 13.9. The standard InChI is InChI=1S/C26H31ClN4O3S/c1-19(2)15-31-24(14-28-26(31)35(33,34)18-21-7-4-3-5-8-21)17-30(16-20-11-12-20)25(32)29-23-10-6-9-22(27)13-23/h3-10,13-14,19-20H,11-12,15-18H2,1-2H3,(H,29,32). The molecule has 0 radical (unpaired) electrons. The highest BCUT2D eigenvalue weighted by atomic mass is 35.5. The minimum Gasteiger partial charge on any atom is -0.318 e. The topological polar surface area (TPSA) is 84.3 Å². The number of aromatic nitrogens is 2. The molecular weight excluding hydrogens is 484 g/mol. The number of imidazole rings is 1. The molecule has 0 atom stereocenters. The number of carbonyl (C=O) groups excluding carboxylic acids is 1. The fourth-order valence-electron chi connectivity index (χ4n) is 3.98. The molecule has 1 heterocycles. The van der Waals surface area contributed by atoms with E-state index in [0.717, 1.165) is 12.8 Å². The molecule has 4 rings (SSSR count). The van der Waals surface area contributed by atoms with E-state index in [-0.39, 0.29) is 29.4 Å². The van der Waals surface area contributed by atoms with Gasteiger partial charge in [-0.15, -0.1) is 0 Å². The van der Waals surface area contributed by atoms with Crippen molar-refractivity contribution >= 4 is 33.2 Å². The third kappa shape index (κ3) is 6.86. The van der Waals surface area contributed by atoms with Crippen LogP contribution in [0.15, 0.2) is 66.0 Å². The minimum atomic E-state index is -3.67.